The number of aromatic nitrogens is 4. The second-order valence-corrected chi connectivity index (χ2v) is 1.96. The Hall–Kier alpha value is -1.72. The van der Waals surface area contributed by atoms with Crippen molar-refractivity contribution in [1.29, 1.82) is 0 Å². The summed E-state index contributed by atoms with van der Waals surface area (Å²) < 4.78 is 13.8. The molecule has 0 atom stereocenters. The molecule has 0 aliphatic heterocycles. The number of nitrogens with one attached hydrogen (secondary N) is 1. The number of aromatic amines is 1. The molecule has 0 bridgehead atoms. The summed E-state index contributed by atoms with van der Waals surface area (Å²) in [5.41, 5.74) is -0.623. The minimum absolute atomic E-state index is 0.0370. The molecular formula is C5H3FN4O. The molecule has 2 aromatic heterocycles. The van der Waals surface area contributed by atoms with Crippen LogP contribution in [0.15, 0.2) is 17.3 Å². The van der Waals surface area contributed by atoms with Crippen LogP contribution >= 0.6 is 0 Å². The minimum atomic E-state index is -0.620. The summed E-state index contributed by atoms with van der Waals surface area (Å²) in [6.45, 7) is 0. The fourth-order valence-corrected chi connectivity index (χ4v) is 0.806. The summed E-state index contributed by atoms with van der Waals surface area (Å²) in [6, 6.07) is 0. The molecule has 0 unspecified atom stereocenters. The van der Waals surface area contributed by atoms with Crippen molar-refractivity contribution in [3.63, 3.8) is 0 Å². The summed E-state index contributed by atoms with van der Waals surface area (Å²) in [5, 5.41) is 2.25. The summed E-state index contributed by atoms with van der Waals surface area (Å²) >= 11 is 0. The molecule has 1 N–H and O–H groups in total. The molecule has 0 fully saturated rings. The van der Waals surface area contributed by atoms with Crippen molar-refractivity contribution < 1.29 is 4.39 Å². The molecule has 0 radical (unpaired) electrons. The van der Waals surface area contributed by atoms with Crippen LogP contribution in [-0.2, 0) is 0 Å². The van der Waals surface area contributed by atoms with Crippen molar-refractivity contribution in [2.24, 2.45) is 0 Å². The van der Waals surface area contributed by atoms with Crippen molar-refractivity contribution in [1.82, 2.24) is 19.6 Å². The predicted molar refractivity (Wildman–Crippen MR) is 33.6 cm³/mol. The Morgan fingerprint density at radius 3 is 3.18 bits per heavy atom. The van der Waals surface area contributed by atoms with Gasteiger partial charge in [-0.2, -0.15) is 4.98 Å². The molecular weight excluding hydrogens is 151 g/mol. The van der Waals surface area contributed by atoms with Gasteiger partial charge in [0.25, 0.3) is 0 Å². The summed E-state index contributed by atoms with van der Waals surface area (Å²) in [4.78, 5) is 17.4. The average molecular weight is 154 g/mol. The molecule has 0 aliphatic rings. The summed E-state index contributed by atoms with van der Waals surface area (Å²) in [7, 11) is 0. The fourth-order valence-electron chi connectivity index (χ4n) is 0.806. The first-order valence-electron chi connectivity index (χ1n) is 2.85. The molecule has 56 valence electrons. The van der Waals surface area contributed by atoms with Crippen LogP contribution in [0, 0.1) is 5.82 Å². The molecule has 0 amide bonds. The van der Waals surface area contributed by atoms with Crippen LogP contribution in [0.2, 0.25) is 0 Å². The number of halogens is 1. The Kier molecular flexibility index (Phi) is 1.03. The van der Waals surface area contributed by atoms with Gasteiger partial charge in [-0.3, -0.25) is 0 Å². The molecule has 2 aromatic rings. The Balaban J connectivity index is 3.01. The van der Waals surface area contributed by atoms with Crippen molar-refractivity contribution in [3.05, 3.63) is 28.8 Å². The lowest BCUT2D eigenvalue weighted by Crippen LogP contribution is -2.01. The van der Waals surface area contributed by atoms with Crippen LogP contribution in [0.1, 0.15) is 0 Å². The molecule has 0 aliphatic carbocycles. The second-order valence-electron chi connectivity index (χ2n) is 1.96. The van der Waals surface area contributed by atoms with Gasteiger partial charge in [0.05, 0.1) is 6.20 Å². The lowest BCUT2D eigenvalue weighted by Gasteiger charge is -1.89. The first-order valence-corrected chi connectivity index (χ1v) is 2.85. The highest BCUT2D eigenvalue weighted by Crippen LogP contribution is 1.98. The largest absolute Gasteiger partial charge is 0.362 e. The molecule has 2 heterocycles. The van der Waals surface area contributed by atoms with Gasteiger partial charge in [0, 0.05) is 0 Å². The van der Waals surface area contributed by atoms with Crippen molar-refractivity contribution in [2.45, 2.75) is 0 Å². The first-order chi connectivity index (χ1) is 5.27. The topological polar surface area (TPSA) is 63.1 Å². The Morgan fingerprint density at radius 2 is 2.45 bits per heavy atom. The van der Waals surface area contributed by atoms with Crippen molar-refractivity contribution in [2.75, 3.05) is 0 Å². The van der Waals surface area contributed by atoms with Gasteiger partial charge in [-0.25, -0.2) is 23.8 Å². The third-order valence-electron chi connectivity index (χ3n) is 1.24. The van der Waals surface area contributed by atoms with Crippen LogP contribution in [0.5, 0.6) is 0 Å². The Morgan fingerprint density at radius 1 is 1.64 bits per heavy atom. The maximum absolute atomic E-state index is 12.7. The number of nitrogens with zero attached hydrogens (tertiary/aromatic N) is 3. The number of hydrogen-bond acceptors (Lipinski definition) is 3. The zero-order valence-electron chi connectivity index (χ0n) is 5.28. The highest BCUT2D eigenvalue weighted by molar-refractivity contribution is 5.35. The van der Waals surface area contributed by atoms with E-state index in [1.807, 2.05) is 0 Å². The van der Waals surface area contributed by atoms with Crippen LogP contribution in [-0.4, -0.2) is 19.6 Å². The zero-order chi connectivity index (χ0) is 7.84. The van der Waals surface area contributed by atoms with E-state index in [0.717, 1.165) is 10.7 Å². The molecule has 0 saturated heterocycles. The molecule has 5 nitrogen and oxygen atoms in total. The molecule has 0 aromatic carbocycles. The van der Waals surface area contributed by atoms with Crippen molar-refractivity contribution >= 4 is 5.65 Å². The van der Waals surface area contributed by atoms with E-state index in [2.05, 4.69) is 15.1 Å². The maximum Gasteiger partial charge on any atom is 0.362 e. The van der Waals surface area contributed by atoms with E-state index in [4.69, 9.17) is 0 Å². The van der Waals surface area contributed by atoms with Gasteiger partial charge >= 0.3 is 5.69 Å². The van der Waals surface area contributed by atoms with Gasteiger partial charge in [-0.1, -0.05) is 0 Å². The van der Waals surface area contributed by atoms with Crippen LogP contribution in [0.4, 0.5) is 4.39 Å². The summed E-state index contributed by atoms with van der Waals surface area (Å²) in [6.07, 6.45) is 2.27. The highest BCUT2D eigenvalue weighted by atomic mass is 19.1. The van der Waals surface area contributed by atoms with Crippen LogP contribution < -0.4 is 5.69 Å². The molecule has 6 heteroatoms. The second kappa shape index (κ2) is 1.88. The first kappa shape index (κ1) is 6.02. The van der Waals surface area contributed by atoms with Crippen LogP contribution in [0.25, 0.3) is 5.65 Å². The maximum atomic E-state index is 12.7. The smallest absolute Gasteiger partial charge is 0.244 e. The van der Waals surface area contributed by atoms with Gasteiger partial charge in [0.15, 0.2) is 11.5 Å². The molecule has 0 spiro atoms. The number of fused-ring (bicyclic) bond motifs is 1. The summed E-state index contributed by atoms with van der Waals surface area (Å²) in [5.74, 6) is -0.620. The van der Waals surface area contributed by atoms with Gasteiger partial charge in [-0.05, 0) is 0 Å². The van der Waals surface area contributed by atoms with E-state index in [-0.39, 0.29) is 5.65 Å². The number of rotatable bonds is 0. The minimum Gasteiger partial charge on any atom is -0.244 e. The third kappa shape index (κ3) is 0.794. The normalized spacial score (nSPS) is 10.6. The molecule has 2 rings (SSSR count). The van der Waals surface area contributed by atoms with Crippen molar-refractivity contribution in [3.8, 4) is 0 Å². The van der Waals surface area contributed by atoms with E-state index >= 15 is 0 Å². The zero-order valence-corrected chi connectivity index (χ0v) is 5.28. The van der Waals surface area contributed by atoms with E-state index in [0.29, 0.717) is 0 Å². The van der Waals surface area contributed by atoms with E-state index < -0.39 is 11.5 Å². The third-order valence-corrected chi connectivity index (χ3v) is 1.24. The quantitative estimate of drug-likeness (QED) is 0.559. The lowest BCUT2D eigenvalue weighted by atomic mass is 10.6. The van der Waals surface area contributed by atoms with E-state index in [1.165, 1.54) is 6.33 Å². The Bertz CT molecular complexity index is 445. The van der Waals surface area contributed by atoms with E-state index in [9.17, 15) is 9.18 Å². The predicted octanol–water partition coefficient (Wildman–Crippen LogP) is -0.443. The fraction of sp³-hybridized carbons (Fsp3) is 0. The Labute approximate surface area is 59.5 Å². The van der Waals surface area contributed by atoms with Crippen LogP contribution in [0.3, 0.4) is 0 Å². The highest BCUT2D eigenvalue weighted by Gasteiger charge is 2.02. The molecule has 0 saturated carbocycles. The number of hydrogen-bond donors (Lipinski definition) is 1. The van der Waals surface area contributed by atoms with Gasteiger partial charge in [0.2, 0.25) is 0 Å². The molecule has 11 heavy (non-hydrogen) atoms. The van der Waals surface area contributed by atoms with Gasteiger partial charge < -0.3 is 0 Å². The van der Waals surface area contributed by atoms with Gasteiger partial charge in [-0.15, -0.1) is 0 Å². The van der Waals surface area contributed by atoms with E-state index in [1.54, 1.807) is 0 Å². The number of H-pyrrole nitrogens is 1. The lowest BCUT2D eigenvalue weighted by molar-refractivity contribution is 0.618. The SMILES string of the molecule is O=c1nc2c(F)cncn2[nH]1. The van der Waals surface area contributed by atoms with Gasteiger partial charge in [0.1, 0.15) is 6.33 Å². The standard InChI is InChI=1S/C5H3FN4O/c6-3-1-7-2-10-4(3)8-5(11)9-10/h1-2H,(H,9,11). The monoisotopic (exact) mass is 154 g/mol. The average Bonchev–Trinajstić information content (AvgIpc) is 2.31.